The number of cyclic esters (lactones) is 1. The first kappa shape index (κ1) is 15.2. The fourth-order valence-electron chi connectivity index (χ4n) is 1.63. The normalized spacial score (nSPS) is 17.1. The van der Waals surface area contributed by atoms with Gasteiger partial charge in [0.1, 0.15) is 5.75 Å². The van der Waals surface area contributed by atoms with Gasteiger partial charge in [0, 0.05) is 5.41 Å². The molecule has 112 valence electrons. The van der Waals surface area contributed by atoms with Gasteiger partial charge in [-0.1, -0.05) is 32.9 Å². The Kier molecular flexibility index (Phi) is 4.06. The molecular weight excluding hydrogens is 280 g/mol. The molecule has 0 aromatic heterocycles. The van der Waals surface area contributed by atoms with Crippen molar-refractivity contribution in [3.05, 3.63) is 35.5 Å². The molecule has 0 unspecified atom stereocenters. The Balaban J connectivity index is 2.20. The molecule has 0 atom stereocenters. The number of ether oxygens (including phenoxy) is 2. The Morgan fingerprint density at radius 3 is 2.33 bits per heavy atom. The molecule has 1 aliphatic heterocycles. The Morgan fingerprint density at radius 2 is 1.86 bits per heavy atom. The van der Waals surface area contributed by atoms with E-state index in [1.807, 2.05) is 20.8 Å². The van der Waals surface area contributed by atoms with Crippen LogP contribution in [-0.4, -0.2) is 18.5 Å². The number of esters is 1. The minimum atomic E-state index is -2.86. The summed E-state index contributed by atoms with van der Waals surface area (Å²) in [5.41, 5.74) is 0.463. The molecule has 0 N–H and O–H groups in total. The molecule has 0 fully saturated rings. The molecule has 0 amide bonds. The number of halogens is 2. The van der Waals surface area contributed by atoms with E-state index in [1.165, 1.54) is 18.2 Å². The maximum atomic E-state index is 12.0. The Hall–Kier alpha value is -2.24. The van der Waals surface area contributed by atoms with Gasteiger partial charge in [-0.05, 0) is 23.8 Å². The molecule has 4 nitrogen and oxygen atoms in total. The highest BCUT2D eigenvalue weighted by Gasteiger charge is 2.31. The first-order chi connectivity index (χ1) is 9.75. The number of hydrogen-bond acceptors (Lipinski definition) is 4. The summed E-state index contributed by atoms with van der Waals surface area (Å²) in [6.45, 7) is 2.80. The second-order valence-corrected chi connectivity index (χ2v) is 5.53. The third-order valence-electron chi connectivity index (χ3n) is 2.67. The third kappa shape index (κ3) is 3.87. The Morgan fingerprint density at radius 1 is 1.24 bits per heavy atom. The molecule has 0 spiro atoms. The van der Waals surface area contributed by atoms with Crippen LogP contribution in [0.2, 0.25) is 0 Å². The fraction of sp³-hybridized carbons (Fsp3) is 0.333. The van der Waals surface area contributed by atoms with Crippen LogP contribution in [-0.2, 0) is 9.53 Å². The third-order valence-corrected chi connectivity index (χ3v) is 2.67. The first-order valence-corrected chi connectivity index (χ1v) is 6.33. The predicted octanol–water partition coefficient (Wildman–Crippen LogP) is 3.63. The summed E-state index contributed by atoms with van der Waals surface area (Å²) in [7, 11) is 0. The summed E-state index contributed by atoms with van der Waals surface area (Å²) in [5, 5.41) is 0. The highest BCUT2D eigenvalue weighted by atomic mass is 19.3. The zero-order valence-electron chi connectivity index (χ0n) is 11.9. The van der Waals surface area contributed by atoms with Crippen molar-refractivity contribution < 1.29 is 23.0 Å². The number of alkyl halides is 2. The van der Waals surface area contributed by atoms with Crippen LogP contribution >= 0.6 is 0 Å². The zero-order chi connectivity index (χ0) is 15.6. The van der Waals surface area contributed by atoms with E-state index in [0.717, 1.165) is 0 Å². The molecule has 6 heteroatoms. The largest absolute Gasteiger partial charge is 0.435 e. The average Bonchev–Trinajstić information content (AvgIpc) is 2.73. The van der Waals surface area contributed by atoms with Crippen molar-refractivity contribution in [1.29, 1.82) is 0 Å². The van der Waals surface area contributed by atoms with Crippen LogP contribution in [0.5, 0.6) is 5.75 Å². The highest BCUT2D eigenvalue weighted by molar-refractivity contribution is 6.08. The number of carbonyl (C=O) groups is 1. The maximum Gasteiger partial charge on any atom is 0.387 e. The monoisotopic (exact) mass is 295 g/mol. The zero-order valence-corrected chi connectivity index (χ0v) is 11.9. The van der Waals surface area contributed by atoms with Gasteiger partial charge >= 0.3 is 12.6 Å². The van der Waals surface area contributed by atoms with E-state index in [0.29, 0.717) is 11.5 Å². The molecule has 0 aliphatic carbocycles. The van der Waals surface area contributed by atoms with E-state index in [-0.39, 0.29) is 16.9 Å². The summed E-state index contributed by atoms with van der Waals surface area (Å²) in [6, 6.07) is 5.91. The molecule has 0 saturated carbocycles. The Labute approximate surface area is 121 Å². The summed E-state index contributed by atoms with van der Waals surface area (Å²) >= 11 is 0. The van der Waals surface area contributed by atoms with Crippen molar-refractivity contribution in [2.45, 2.75) is 27.4 Å². The number of carbonyl (C=O) groups excluding carboxylic acids is 1. The van der Waals surface area contributed by atoms with Crippen molar-refractivity contribution in [2.24, 2.45) is 10.4 Å². The summed E-state index contributed by atoms with van der Waals surface area (Å²) in [6.07, 6.45) is 1.53. The molecule has 1 aromatic carbocycles. The lowest BCUT2D eigenvalue weighted by Crippen LogP contribution is -2.21. The van der Waals surface area contributed by atoms with Gasteiger partial charge in [0.15, 0.2) is 5.70 Å². The van der Waals surface area contributed by atoms with E-state index < -0.39 is 12.6 Å². The lowest BCUT2D eigenvalue weighted by molar-refractivity contribution is -0.130. The number of nitrogens with zero attached hydrogens (tertiary/aromatic N) is 1. The second-order valence-electron chi connectivity index (χ2n) is 5.53. The van der Waals surface area contributed by atoms with Crippen LogP contribution in [0.4, 0.5) is 8.78 Å². The topological polar surface area (TPSA) is 47.9 Å². The summed E-state index contributed by atoms with van der Waals surface area (Å²) in [5.74, 6) is -0.107. The van der Waals surface area contributed by atoms with Gasteiger partial charge in [-0.25, -0.2) is 9.79 Å². The van der Waals surface area contributed by atoms with Crippen molar-refractivity contribution in [1.82, 2.24) is 0 Å². The van der Waals surface area contributed by atoms with Gasteiger partial charge in [0.25, 0.3) is 0 Å². The molecule has 1 heterocycles. The lowest BCUT2D eigenvalue weighted by Gasteiger charge is -2.15. The van der Waals surface area contributed by atoms with Crippen molar-refractivity contribution in [3.8, 4) is 5.75 Å². The van der Waals surface area contributed by atoms with Crippen LogP contribution in [0.25, 0.3) is 6.08 Å². The van der Waals surface area contributed by atoms with Gasteiger partial charge in [-0.15, -0.1) is 0 Å². The molecule has 1 aliphatic rings. The first-order valence-electron chi connectivity index (χ1n) is 6.33. The molecular formula is C15H15F2NO3. The molecule has 21 heavy (non-hydrogen) atoms. The van der Waals surface area contributed by atoms with Gasteiger partial charge in [-0.3, -0.25) is 0 Å². The minimum Gasteiger partial charge on any atom is -0.435 e. The summed E-state index contributed by atoms with van der Waals surface area (Å²) < 4.78 is 33.4. The lowest BCUT2D eigenvalue weighted by atomic mass is 9.97. The minimum absolute atomic E-state index is 0.0556. The van der Waals surface area contributed by atoms with Crippen molar-refractivity contribution in [2.75, 3.05) is 0 Å². The smallest absolute Gasteiger partial charge is 0.387 e. The SMILES string of the molecule is CC(C)(C)C1=N/C(=C/c2ccc(OC(F)F)cc2)C(=O)O1. The van der Waals surface area contributed by atoms with Gasteiger partial charge in [0.05, 0.1) is 0 Å². The van der Waals surface area contributed by atoms with Gasteiger partial charge in [0.2, 0.25) is 5.90 Å². The van der Waals surface area contributed by atoms with Gasteiger partial charge < -0.3 is 9.47 Å². The fourth-order valence-corrected chi connectivity index (χ4v) is 1.63. The van der Waals surface area contributed by atoms with E-state index in [4.69, 9.17) is 4.74 Å². The number of aliphatic imine (C=N–C) groups is 1. The van der Waals surface area contributed by atoms with Crippen LogP contribution in [0.15, 0.2) is 35.0 Å². The highest BCUT2D eigenvalue weighted by Crippen LogP contribution is 2.26. The molecule has 0 bridgehead atoms. The number of benzene rings is 1. The molecule has 0 saturated heterocycles. The van der Waals surface area contributed by atoms with Crippen LogP contribution in [0, 0.1) is 5.41 Å². The molecule has 1 aromatic rings. The van der Waals surface area contributed by atoms with Crippen molar-refractivity contribution >= 4 is 17.9 Å². The van der Waals surface area contributed by atoms with E-state index in [9.17, 15) is 13.6 Å². The van der Waals surface area contributed by atoms with E-state index >= 15 is 0 Å². The molecule has 0 radical (unpaired) electrons. The van der Waals surface area contributed by atoms with E-state index in [2.05, 4.69) is 9.73 Å². The average molecular weight is 295 g/mol. The second kappa shape index (κ2) is 5.63. The van der Waals surface area contributed by atoms with Crippen LogP contribution < -0.4 is 4.74 Å². The van der Waals surface area contributed by atoms with Crippen LogP contribution in [0.1, 0.15) is 26.3 Å². The quantitative estimate of drug-likeness (QED) is 0.632. The van der Waals surface area contributed by atoms with Crippen LogP contribution in [0.3, 0.4) is 0 Å². The maximum absolute atomic E-state index is 12.0. The van der Waals surface area contributed by atoms with E-state index in [1.54, 1.807) is 12.1 Å². The standard InChI is InChI=1S/C15H15F2NO3/c1-15(2,3)13-18-11(12(19)21-13)8-9-4-6-10(7-5-9)20-14(16)17/h4-8,14H,1-3H3/b11-8+. The van der Waals surface area contributed by atoms with Gasteiger partial charge in [-0.2, -0.15) is 8.78 Å². The Bertz CT molecular complexity index is 598. The van der Waals surface area contributed by atoms with Crippen molar-refractivity contribution in [3.63, 3.8) is 0 Å². The molecule has 2 rings (SSSR count). The predicted molar refractivity (Wildman–Crippen MR) is 74.0 cm³/mol. The number of rotatable bonds is 3. The number of hydrogen-bond donors (Lipinski definition) is 0. The summed E-state index contributed by atoms with van der Waals surface area (Å²) in [4.78, 5) is 15.9.